The minimum Gasteiger partial charge on any atom is -0.496 e. The SMILES string of the molecule is CCCC(=O)Nc1cc(-c2ccccc2OC)[nH]n1. The topological polar surface area (TPSA) is 67.0 Å². The Hall–Kier alpha value is -2.30. The highest BCUT2D eigenvalue weighted by Gasteiger charge is 2.09. The van der Waals surface area contributed by atoms with Gasteiger partial charge in [-0.3, -0.25) is 9.89 Å². The summed E-state index contributed by atoms with van der Waals surface area (Å²) in [4.78, 5) is 11.5. The van der Waals surface area contributed by atoms with Crippen molar-refractivity contribution in [2.24, 2.45) is 0 Å². The fourth-order valence-corrected chi connectivity index (χ4v) is 1.82. The number of H-pyrrole nitrogens is 1. The van der Waals surface area contributed by atoms with E-state index in [-0.39, 0.29) is 5.91 Å². The zero-order chi connectivity index (χ0) is 13.7. The maximum absolute atomic E-state index is 11.5. The van der Waals surface area contributed by atoms with Crippen LogP contribution in [-0.4, -0.2) is 23.2 Å². The Balaban J connectivity index is 2.19. The summed E-state index contributed by atoms with van der Waals surface area (Å²) < 4.78 is 5.29. The normalized spacial score (nSPS) is 10.2. The summed E-state index contributed by atoms with van der Waals surface area (Å²) in [5.74, 6) is 1.26. The summed E-state index contributed by atoms with van der Waals surface area (Å²) in [6.45, 7) is 1.96. The van der Waals surface area contributed by atoms with Crippen LogP contribution in [0, 0.1) is 0 Å². The van der Waals surface area contributed by atoms with Gasteiger partial charge in [0.05, 0.1) is 12.8 Å². The molecule has 0 unspecified atom stereocenters. The van der Waals surface area contributed by atoms with Gasteiger partial charge in [0.2, 0.25) is 5.91 Å². The van der Waals surface area contributed by atoms with Crippen molar-refractivity contribution in [3.8, 4) is 17.0 Å². The summed E-state index contributed by atoms with van der Waals surface area (Å²) in [5, 5.41) is 9.73. The Labute approximate surface area is 112 Å². The molecule has 0 fully saturated rings. The molecule has 0 aliphatic rings. The van der Waals surface area contributed by atoms with E-state index in [9.17, 15) is 4.79 Å². The number of rotatable bonds is 5. The van der Waals surface area contributed by atoms with Gasteiger partial charge in [0.25, 0.3) is 0 Å². The van der Waals surface area contributed by atoms with E-state index in [0.29, 0.717) is 12.2 Å². The molecule has 2 N–H and O–H groups in total. The van der Waals surface area contributed by atoms with E-state index in [1.165, 1.54) is 0 Å². The number of nitrogens with one attached hydrogen (secondary N) is 2. The number of methoxy groups -OCH3 is 1. The molecule has 0 radical (unpaired) electrons. The van der Waals surface area contributed by atoms with Crippen molar-refractivity contribution >= 4 is 11.7 Å². The number of para-hydroxylation sites is 1. The van der Waals surface area contributed by atoms with E-state index in [1.807, 2.05) is 31.2 Å². The molecule has 0 bridgehead atoms. The molecule has 19 heavy (non-hydrogen) atoms. The molecule has 0 aliphatic heterocycles. The molecule has 2 rings (SSSR count). The monoisotopic (exact) mass is 259 g/mol. The number of benzene rings is 1. The van der Waals surface area contributed by atoms with Crippen LogP contribution in [0.2, 0.25) is 0 Å². The maximum Gasteiger partial charge on any atom is 0.225 e. The average Bonchev–Trinajstić information content (AvgIpc) is 2.87. The van der Waals surface area contributed by atoms with Gasteiger partial charge in [0.15, 0.2) is 5.82 Å². The zero-order valence-electron chi connectivity index (χ0n) is 11.1. The minimum absolute atomic E-state index is 0.0272. The summed E-state index contributed by atoms with van der Waals surface area (Å²) in [6, 6.07) is 9.44. The van der Waals surface area contributed by atoms with Gasteiger partial charge in [-0.15, -0.1) is 0 Å². The fourth-order valence-electron chi connectivity index (χ4n) is 1.82. The molecular formula is C14H17N3O2. The average molecular weight is 259 g/mol. The molecule has 2 aromatic rings. The third-order valence-corrected chi connectivity index (χ3v) is 2.72. The molecule has 5 heteroatoms. The molecule has 5 nitrogen and oxygen atoms in total. The predicted octanol–water partition coefficient (Wildman–Crippen LogP) is 2.82. The quantitative estimate of drug-likeness (QED) is 0.867. The van der Waals surface area contributed by atoms with Crippen LogP contribution < -0.4 is 10.1 Å². The second kappa shape index (κ2) is 6.04. The maximum atomic E-state index is 11.5. The van der Waals surface area contributed by atoms with Crippen LogP contribution in [0.15, 0.2) is 30.3 Å². The number of carbonyl (C=O) groups excluding carboxylic acids is 1. The van der Waals surface area contributed by atoms with Crippen molar-refractivity contribution in [1.29, 1.82) is 0 Å². The summed E-state index contributed by atoms with van der Waals surface area (Å²) in [6.07, 6.45) is 1.31. The van der Waals surface area contributed by atoms with Crippen LogP contribution in [0.3, 0.4) is 0 Å². The van der Waals surface area contributed by atoms with E-state index in [0.717, 1.165) is 23.4 Å². The van der Waals surface area contributed by atoms with Crippen molar-refractivity contribution in [1.82, 2.24) is 10.2 Å². The summed E-state index contributed by atoms with van der Waals surface area (Å²) >= 11 is 0. The molecule has 100 valence electrons. The van der Waals surface area contributed by atoms with Crippen LogP contribution in [0.4, 0.5) is 5.82 Å². The highest BCUT2D eigenvalue weighted by atomic mass is 16.5. The zero-order valence-corrected chi connectivity index (χ0v) is 11.1. The number of carbonyl (C=O) groups is 1. The fraction of sp³-hybridized carbons (Fsp3) is 0.286. The lowest BCUT2D eigenvalue weighted by Gasteiger charge is -2.05. The lowest BCUT2D eigenvalue weighted by molar-refractivity contribution is -0.116. The van der Waals surface area contributed by atoms with Crippen molar-refractivity contribution < 1.29 is 9.53 Å². The van der Waals surface area contributed by atoms with Crippen LogP contribution in [-0.2, 0) is 4.79 Å². The Morgan fingerprint density at radius 1 is 1.42 bits per heavy atom. The van der Waals surface area contributed by atoms with Gasteiger partial charge < -0.3 is 10.1 Å². The van der Waals surface area contributed by atoms with E-state index in [2.05, 4.69) is 15.5 Å². The number of ether oxygens (including phenoxy) is 1. The molecule has 0 saturated heterocycles. The Bertz CT molecular complexity index is 563. The number of nitrogens with zero attached hydrogens (tertiary/aromatic N) is 1. The third-order valence-electron chi connectivity index (χ3n) is 2.72. The van der Waals surface area contributed by atoms with Crippen molar-refractivity contribution in [2.45, 2.75) is 19.8 Å². The molecule has 0 atom stereocenters. The van der Waals surface area contributed by atoms with Gasteiger partial charge >= 0.3 is 0 Å². The first kappa shape index (κ1) is 13.1. The van der Waals surface area contributed by atoms with Crippen LogP contribution in [0.25, 0.3) is 11.3 Å². The van der Waals surface area contributed by atoms with E-state index < -0.39 is 0 Å². The van der Waals surface area contributed by atoms with Crippen LogP contribution in [0.5, 0.6) is 5.75 Å². The van der Waals surface area contributed by atoms with E-state index >= 15 is 0 Å². The Morgan fingerprint density at radius 3 is 2.95 bits per heavy atom. The summed E-state index contributed by atoms with van der Waals surface area (Å²) in [5.41, 5.74) is 1.72. The van der Waals surface area contributed by atoms with Gasteiger partial charge in [-0.05, 0) is 18.6 Å². The largest absolute Gasteiger partial charge is 0.496 e. The standard InChI is InChI=1S/C14H17N3O2/c1-3-6-14(18)15-13-9-11(16-17-13)10-7-4-5-8-12(10)19-2/h4-5,7-9H,3,6H2,1-2H3,(H2,15,16,17,18). The molecule has 1 aromatic heterocycles. The van der Waals surface area contributed by atoms with Gasteiger partial charge in [-0.25, -0.2) is 0 Å². The predicted molar refractivity (Wildman–Crippen MR) is 74.1 cm³/mol. The number of hydrogen-bond donors (Lipinski definition) is 2. The number of aromatic amines is 1. The number of anilines is 1. The van der Waals surface area contributed by atoms with Crippen molar-refractivity contribution in [2.75, 3.05) is 12.4 Å². The Morgan fingerprint density at radius 2 is 2.21 bits per heavy atom. The molecular weight excluding hydrogens is 242 g/mol. The third kappa shape index (κ3) is 3.13. The minimum atomic E-state index is -0.0272. The van der Waals surface area contributed by atoms with Crippen molar-refractivity contribution in [3.05, 3.63) is 30.3 Å². The van der Waals surface area contributed by atoms with E-state index in [1.54, 1.807) is 13.2 Å². The first-order valence-electron chi connectivity index (χ1n) is 6.23. The van der Waals surface area contributed by atoms with Gasteiger partial charge in [0.1, 0.15) is 5.75 Å². The van der Waals surface area contributed by atoms with Gasteiger partial charge in [-0.2, -0.15) is 5.10 Å². The molecule has 0 aliphatic carbocycles. The van der Waals surface area contributed by atoms with Crippen molar-refractivity contribution in [3.63, 3.8) is 0 Å². The molecule has 1 heterocycles. The lowest BCUT2D eigenvalue weighted by Crippen LogP contribution is -2.10. The van der Waals surface area contributed by atoms with Crippen LogP contribution >= 0.6 is 0 Å². The second-order valence-electron chi connectivity index (χ2n) is 4.17. The smallest absolute Gasteiger partial charge is 0.225 e. The Kier molecular flexibility index (Phi) is 4.18. The lowest BCUT2D eigenvalue weighted by atomic mass is 10.1. The number of amides is 1. The molecule has 0 spiro atoms. The van der Waals surface area contributed by atoms with Gasteiger partial charge in [-0.1, -0.05) is 19.1 Å². The first-order valence-corrected chi connectivity index (χ1v) is 6.23. The highest BCUT2D eigenvalue weighted by molar-refractivity contribution is 5.90. The molecule has 1 amide bonds. The molecule has 0 saturated carbocycles. The highest BCUT2D eigenvalue weighted by Crippen LogP contribution is 2.29. The summed E-state index contributed by atoms with van der Waals surface area (Å²) in [7, 11) is 1.62. The second-order valence-corrected chi connectivity index (χ2v) is 4.17. The van der Waals surface area contributed by atoms with Crippen LogP contribution in [0.1, 0.15) is 19.8 Å². The molecule has 1 aromatic carbocycles. The number of aromatic nitrogens is 2. The van der Waals surface area contributed by atoms with E-state index in [4.69, 9.17) is 4.74 Å². The van der Waals surface area contributed by atoms with Gasteiger partial charge in [0, 0.05) is 18.1 Å². The number of hydrogen-bond acceptors (Lipinski definition) is 3. The first-order chi connectivity index (χ1) is 9.24.